The molecule has 27 heavy (non-hydrogen) atoms. The second kappa shape index (κ2) is 8.79. The van der Waals surface area contributed by atoms with Crippen molar-refractivity contribution < 1.29 is 18.0 Å². The molecule has 0 atom stereocenters. The van der Waals surface area contributed by atoms with Gasteiger partial charge in [-0.25, -0.2) is 13.1 Å². The van der Waals surface area contributed by atoms with Crippen molar-refractivity contribution >= 4 is 27.5 Å². The van der Waals surface area contributed by atoms with Gasteiger partial charge < -0.3 is 10.6 Å². The number of benzene rings is 2. The van der Waals surface area contributed by atoms with Crippen LogP contribution in [0.15, 0.2) is 53.4 Å². The van der Waals surface area contributed by atoms with Crippen molar-refractivity contribution in [2.24, 2.45) is 0 Å². The standard InChI is InChI=1S/C19H23N3O4S/c1-13(2)22-27(25,26)16-10-8-15(9-11-16)19(24)20-12-18(23)21-17-7-5-4-6-14(17)3/h4-11,13,22H,12H2,1-3H3,(H,20,24)(H,21,23). The Balaban J connectivity index is 1.94. The normalized spacial score (nSPS) is 11.3. The van der Waals surface area contributed by atoms with Crippen LogP contribution in [0.5, 0.6) is 0 Å². The first-order valence-electron chi connectivity index (χ1n) is 8.45. The Morgan fingerprint density at radius 2 is 1.63 bits per heavy atom. The maximum Gasteiger partial charge on any atom is 0.251 e. The number of nitrogens with one attached hydrogen (secondary N) is 3. The highest BCUT2D eigenvalue weighted by Gasteiger charge is 2.16. The third-order valence-corrected chi connectivity index (χ3v) is 5.32. The van der Waals surface area contributed by atoms with Crippen molar-refractivity contribution in [3.05, 3.63) is 59.7 Å². The number of amides is 2. The molecule has 2 aromatic rings. The molecule has 0 saturated heterocycles. The second-order valence-corrected chi connectivity index (χ2v) is 8.06. The Kier molecular flexibility index (Phi) is 6.70. The molecule has 144 valence electrons. The Morgan fingerprint density at radius 3 is 2.22 bits per heavy atom. The van der Waals surface area contributed by atoms with E-state index in [9.17, 15) is 18.0 Å². The Hall–Kier alpha value is -2.71. The van der Waals surface area contributed by atoms with E-state index < -0.39 is 15.9 Å². The van der Waals surface area contributed by atoms with Gasteiger partial charge in [-0.05, 0) is 56.7 Å². The molecule has 7 nitrogen and oxygen atoms in total. The topological polar surface area (TPSA) is 104 Å². The lowest BCUT2D eigenvalue weighted by molar-refractivity contribution is -0.115. The first-order valence-corrected chi connectivity index (χ1v) is 9.93. The minimum atomic E-state index is -3.61. The number of carbonyl (C=O) groups excluding carboxylic acids is 2. The summed E-state index contributed by atoms with van der Waals surface area (Å²) in [5.74, 6) is -0.811. The van der Waals surface area contributed by atoms with Crippen LogP contribution >= 0.6 is 0 Å². The van der Waals surface area contributed by atoms with E-state index in [4.69, 9.17) is 0 Å². The minimum absolute atomic E-state index is 0.0741. The van der Waals surface area contributed by atoms with Gasteiger partial charge in [-0.3, -0.25) is 9.59 Å². The van der Waals surface area contributed by atoms with Crippen LogP contribution in [-0.2, 0) is 14.8 Å². The molecule has 2 rings (SSSR count). The molecule has 2 aromatic carbocycles. The summed E-state index contributed by atoms with van der Waals surface area (Å²) in [6.45, 7) is 5.13. The predicted molar refractivity (Wildman–Crippen MR) is 104 cm³/mol. The molecule has 0 aliphatic rings. The van der Waals surface area contributed by atoms with Gasteiger partial charge in [0.05, 0.1) is 11.4 Å². The van der Waals surface area contributed by atoms with Gasteiger partial charge in [-0.15, -0.1) is 0 Å². The third kappa shape index (κ3) is 5.90. The number of rotatable bonds is 7. The Morgan fingerprint density at radius 1 is 1.00 bits per heavy atom. The zero-order valence-electron chi connectivity index (χ0n) is 15.4. The van der Waals surface area contributed by atoms with Crippen molar-refractivity contribution in [1.82, 2.24) is 10.0 Å². The first kappa shape index (κ1) is 20.6. The fourth-order valence-electron chi connectivity index (χ4n) is 2.33. The van der Waals surface area contributed by atoms with E-state index >= 15 is 0 Å². The molecule has 0 fully saturated rings. The molecular weight excluding hydrogens is 366 g/mol. The summed E-state index contributed by atoms with van der Waals surface area (Å²) < 4.78 is 26.6. The maximum absolute atomic E-state index is 12.2. The Labute approximate surface area is 159 Å². The number of para-hydroxylation sites is 1. The highest BCUT2D eigenvalue weighted by Crippen LogP contribution is 2.13. The molecule has 0 saturated carbocycles. The summed E-state index contributed by atoms with van der Waals surface area (Å²) in [6, 6.07) is 12.6. The molecule has 0 bridgehead atoms. The number of anilines is 1. The van der Waals surface area contributed by atoms with Gasteiger partial charge in [0.1, 0.15) is 0 Å². The molecule has 8 heteroatoms. The van der Waals surface area contributed by atoms with Crippen LogP contribution < -0.4 is 15.4 Å². The maximum atomic E-state index is 12.2. The second-order valence-electron chi connectivity index (χ2n) is 6.35. The molecule has 0 aliphatic heterocycles. The first-order chi connectivity index (χ1) is 12.7. The minimum Gasteiger partial charge on any atom is -0.343 e. The van der Waals surface area contributed by atoms with Crippen molar-refractivity contribution in [3.63, 3.8) is 0 Å². The van der Waals surface area contributed by atoms with Gasteiger partial charge in [0.25, 0.3) is 5.91 Å². The van der Waals surface area contributed by atoms with Crippen molar-refractivity contribution in [3.8, 4) is 0 Å². The molecule has 0 aromatic heterocycles. The van der Waals surface area contributed by atoms with E-state index in [1.54, 1.807) is 19.9 Å². The predicted octanol–water partition coefficient (Wildman–Crippen LogP) is 2.05. The van der Waals surface area contributed by atoms with Crippen LogP contribution in [-0.4, -0.2) is 32.8 Å². The van der Waals surface area contributed by atoms with Gasteiger partial charge in [0.15, 0.2) is 0 Å². The lowest BCUT2D eigenvalue weighted by Crippen LogP contribution is -2.33. The van der Waals surface area contributed by atoms with Gasteiger partial charge in [0, 0.05) is 17.3 Å². The van der Waals surface area contributed by atoms with Crippen LogP contribution in [0.1, 0.15) is 29.8 Å². The average molecular weight is 389 g/mol. The van der Waals surface area contributed by atoms with Gasteiger partial charge in [-0.1, -0.05) is 18.2 Å². The van der Waals surface area contributed by atoms with E-state index in [0.29, 0.717) is 5.69 Å². The summed E-state index contributed by atoms with van der Waals surface area (Å²) in [6.07, 6.45) is 0. The lowest BCUT2D eigenvalue weighted by atomic mass is 10.2. The molecular formula is C19H23N3O4S. The number of sulfonamides is 1. The summed E-state index contributed by atoms with van der Waals surface area (Å²) in [7, 11) is -3.61. The number of carbonyl (C=O) groups is 2. The fraction of sp³-hybridized carbons (Fsp3) is 0.263. The highest BCUT2D eigenvalue weighted by molar-refractivity contribution is 7.89. The number of hydrogen-bond acceptors (Lipinski definition) is 4. The number of aryl methyl sites for hydroxylation is 1. The summed E-state index contributed by atoms with van der Waals surface area (Å²) in [5, 5.41) is 5.24. The highest BCUT2D eigenvalue weighted by atomic mass is 32.2. The van der Waals surface area contributed by atoms with E-state index in [1.165, 1.54) is 24.3 Å². The van der Waals surface area contributed by atoms with E-state index in [1.807, 2.05) is 25.1 Å². The summed E-state index contributed by atoms with van der Waals surface area (Å²) in [5.41, 5.74) is 1.87. The van der Waals surface area contributed by atoms with E-state index in [2.05, 4.69) is 15.4 Å². The average Bonchev–Trinajstić information content (AvgIpc) is 2.61. The van der Waals surface area contributed by atoms with Crippen LogP contribution in [0.25, 0.3) is 0 Å². The van der Waals surface area contributed by atoms with Crippen molar-refractivity contribution in [2.45, 2.75) is 31.7 Å². The summed E-state index contributed by atoms with van der Waals surface area (Å²) >= 11 is 0. The van der Waals surface area contributed by atoms with Crippen LogP contribution in [0, 0.1) is 6.92 Å². The molecule has 0 aliphatic carbocycles. The zero-order chi connectivity index (χ0) is 20.0. The zero-order valence-corrected chi connectivity index (χ0v) is 16.3. The molecule has 0 unspecified atom stereocenters. The SMILES string of the molecule is Cc1ccccc1NC(=O)CNC(=O)c1ccc(S(=O)(=O)NC(C)C)cc1. The molecule has 0 radical (unpaired) electrons. The molecule has 3 N–H and O–H groups in total. The van der Waals surface area contributed by atoms with Crippen molar-refractivity contribution in [2.75, 3.05) is 11.9 Å². The van der Waals surface area contributed by atoms with E-state index in [-0.39, 0.29) is 29.0 Å². The number of hydrogen-bond donors (Lipinski definition) is 3. The lowest BCUT2D eigenvalue weighted by Gasteiger charge is -2.11. The monoisotopic (exact) mass is 389 g/mol. The summed E-state index contributed by atoms with van der Waals surface area (Å²) in [4.78, 5) is 24.2. The van der Waals surface area contributed by atoms with Crippen LogP contribution in [0.2, 0.25) is 0 Å². The quantitative estimate of drug-likeness (QED) is 0.674. The van der Waals surface area contributed by atoms with Crippen molar-refractivity contribution in [1.29, 1.82) is 0 Å². The van der Waals surface area contributed by atoms with Gasteiger partial charge >= 0.3 is 0 Å². The molecule has 0 heterocycles. The van der Waals surface area contributed by atoms with Crippen LogP contribution in [0.4, 0.5) is 5.69 Å². The van der Waals surface area contributed by atoms with E-state index in [0.717, 1.165) is 5.56 Å². The third-order valence-electron chi connectivity index (χ3n) is 3.65. The molecule has 0 spiro atoms. The van der Waals surface area contributed by atoms with Gasteiger partial charge in [0.2, 0.25) is 15.9 Å². The van der Waals surface area contributed by atoms with Gasteiger partial charge in [-0.2, -0.15) is 0 Å². The Bertz CT molecular complexity index is 922. The molecule has 2 amide bonds. The largest absolute Gasteiger partial charge is 0.343 e. The fourth-order valence-corrected chi connectivity index (χ4v) is 3.59. The van der Waals surface area contributed by atoms with Crippen LogP contribution in [0.3, 0.4) is 0 Å². The smallest absolute Gasteiger partial charge is 0.251 e.